The lowest BCUT2D eigenvalue weighted by Crippen LogP contribution is -2.05. The largest absolute Gasteiger partial charge is 0.478 e. The second kappa shape index (κ2) is 5.68. The summed E-state index contributed by atoms with van der Waals surface area (Å²) in [4.78, 5) is 8.22. The first-order valence-corrected chi connectivity index (χ1v) is 6.07. The van der Waals surface area contributed by atoms with Gasteiger partial charge < -0.3 is 10.1 Å². The summed E-state index contributed by atoms with van der Waals surface area (Å²) in [6, 6.07) is 1.86. The fraction of sp³-hybridized carbons (Fsp3) is 0.667. The Morgan fingerprint density at radius 3 is 3.06 bits per heavy atom. The van der Waals surface area contributed by atoms with Gasteiger partial charge in [-0.25, -0.2) is 9.97 Å². The Morgan fingerprint density at radius 1 is 1.44 bits per heavy atom. The molecule has 1 aromatic heterocycles. The average Bonchev–Trinajstić information content (AvgIpc) is 3.11. The summed E-state index contributed by atoms with van der Waals surface area (Å²) in [6.07, 6.45) is 6.58. The van der Waals surface area contributed by atoms with Gasteiger partial charge in [-0.1, -0.05) is 19.8 Å². The van der Waals surface area contributed by atoms with E-state index in [0.717, 1.165) is 24.7 Å². The van der Waals surface area contributed by atoms with E-state index in [9.17, 15) is 0 Å². The molecule has 0 aromatic carbocycles. The van der Waals surface area contributed by atoms with Crippen LogP contribution in [0.1, 0.15) is 32.6 Å². The summed E-state index contributed by atoms with van der Waals surface area (Å²) >= 11 is 0. The third-order valence-electron chi connectivity index (χ3n) is 2.65. The van der Waals surface area contributed by atoms with E-state index in [-0.39, 0.29) is 0 Å². The van der Waals surface area contributed by atoms with Crippen molar-refractivity contribution < 1.29 is 4.74 Å². The monoisotopic (exact) mass is 221 g/mol. The average molecular weight is 221 g/mol. The highest BCUT2D eigenvalue weighted by Crippen LogP contribution is 2.32. The van der Waals surface area contributed by atoms with Crippen LogP contribution in [0.4, 0.5) is 5.82 Å². The van der Waals surface area contributed by atoms with E-state index in [2.05, 4.69) is 22.2 Å². The van der Waals surface area contributed by atoms with E-state index in [4.69, 9.17) is 4.74 Å². The fourth-order valence-electron chi connectivity index (χ4n) is 1.53. The molecule has 16 heavy (non-hydrogen) atoms. The predicted octanol–water partition coefficient (Wildman–Crippen LogP) is 2.48. The molecule has 1 aliphatic carbocycles. The first-order chi connectivity index (χ1) is 7.88. The molecule has 1 N–H and O–H groups in total. The molecular weight excluding hydrogens is 202 g/mol. The third-order valence-corrected chi connectivity index (χ3v) is 2.65. The molecule has 0 aliphatic heterocycles. The lowest BCUT2D eigenvalue weighted by molar-refractivity contribution is 0.305. The normalized spacial score (nSPS) is 14.8. The zero-order chi connectivity index (χ0) is 11.2. The molecule has 4 heteroatoms. The summed E-state index contributed by atoms with van der Waals surface area (Å²) in [7, 11) is 0. The first-order valence-electron chi connectivity index (χ1n) is 6.07. The van der Waals surface area contributed by atoms with Crippen molar-refractivity contribution in [2.24, 2.45) is 5.92 Å². The molecule has 1 heterocycles. The molecule has 1 aromatic rings. The highest BCUT2D eigenvalue weighted by Gasteiger charge is 2.20. The Hall–Kier alpha value is -1.32. The number of aromatic nitrogens is 2. The van der Waals surface area contributed by atoms with Crippen molar-refractivity contribution in [3.8, 4) is 5.88 Å². The van der Waals surface area contributed by atoms with Gasteiger partial charge in [0.25, 0.3) is 0 Å². The van der Waals surface area contributed by atoms with E-state index in [1.165, 1.54) is 19.3 Å². The van der Waals surface area contributed by atoms with Crippen LogP contribution < -0.4 is 10.1 Å². The van der Waals surface area contributed by atoms with Crippen molar-refractivity contribution >= 4 is 5.82 Å². The van der Waals surface area contributed by atoms with Crippen molar-refractivity contribution in [1.29, 1.82) is 0 Å². The second-order valence-corrected chi connectivity index (χ2v) is 4.25. The molecule has 0 amide bonds. The van der Waals surface area contributed by atoms with Gasteiger partial charge in [-0.3, -0.25) is 0 Å². The van der Waals surface area contributed by atoms with E-state index >= 15 is 0 Å². The van der Waals surface area contributed by atoms with Crippen LogP contribution in [-0.4, -0.2) is 23.1 Å². The van der Waals surface area contributed by atoms with Gasteiger partial charge in [0.15, 0.2) is 0 Å². The number of hydrogen-bond acceptors (Lipinski definition) is 4. The molecule has 1 saturated carbocycles. The van der Waals surface area contributed by atoms with Gasteiger partial charge in [-0.2, -0.15) is 0 Å². The molecule has 4 nitrogen and oxygen atoms in total. The third kappa shape index (κ3) is 3.68. The van der Waals surface area contributed by atoms with Crippen LogP contribution in [0.3, 0.4) is 0 Å². The van der Waals surface area contributed by atoms with Gasteiger partial charge in [-0.05, 0) is 18.8 Å². The Morgan fingerprint density at radius 2 is 2.31 bits per heavy atom. The molecule has 0 unspecified atom stereocenters. The molecule has 1 fully saturated rings. The van der Waals surface area contributed by atoms with Gasteiger partial charge in [0.2, 0.25) is 5.88 Å². The Labute approximate surface area is 96.4 Å². The zero-order valence-electron chi connectivity index (χ0n) is 9.78. The van der Waals surface area contributed by atoms with Gasteiger partial charge in [0.1, 0.15) is 12.1 Å². The minimum absolute atomic E-state index is 0.658. The molecule has 0 bridgehead atoms. The number of hydrogen-bond donors (Lipinski definition) is 1. The molecule has 0 atom stereocenters. The Balaban J connectivity index is 1.77. The summed E-state index contributed by atoms with van der Waals surface area (Å²) in [5.41, 5.74) is 0. The van der Waals surface area contributed by atoms with E-state index in [0.29, 0.717) is 12.5 Å². The minimum Gasteiger partial charge on any atom is -0.478 e. The maximum absolute atomic E-state index is 5.44. The molecule has 88 valence electrons. The van der Waals surface area contributed by atoms with E-state index in [1.54, 1.807) is 6.33 Å². The summed E-state index contributed by atoms with van der Waals surface area (Å²) in [6.45, 7) is 3.78. The van der Waals surface area contributed by atoms with Crippen LogP contribution in [0.2, 0.25) is 0 Å². The molecule has 0 saturated heterocycles. The van der Waals surface area contributed by atoms with Crippen LogP contribution in [0.5, 0.6) is 5.88 Å². The number of nitrogens with one attached hydrogen (secondary N) is 1. The van der Waals surface area contributed by atoms with Crippen LogP contribution >= 0.6 is 0 Å². The van der Waals surface area contributed by atoms with Crippen LogP contribution in [-0.2, 0) is 0 Å². The van der Waals surface area contributed by atoms with Gasteiger partial charge in [0.05, 0.1) is 6.61 Å². The summed E-state index contributed by atoms with van der Waals surface area (Å²) in [5, 5.41) is 3.30. The molecule has 0 radical (unpaired) electrons. The van der Waals surface area contributed by atoms with Crippen LogP contribution in [0.25, 0.3) is 0 Å². The molecule has 1 aliphatic rings. The minimum atomic E-state index is 0.658. The smallest absolute Gasteiger partial charge is 0.218 e. The standard InChI is InChI=1S/C12H19N3O/c1-2-7-16-12-8-11(14-9-15-12)13-6-5-10-3-4-10/h8-10H,2-7H2,1H3,(H,13,14,15). The summed E-state index contributed by atoms with van der Waals surface area (Å²) < 4.78 is 5.44. The molecule has 2 rings (SSSR count). The van der Waals surface area contributed by atoms with Crippen molar-refractivity contribution in [1.82, 2.24) is 9.97 Å². The van der Waals surface area contributed by atoms with Gasteiger partial charge in [-0.15, -0.1) is 0 Å². The van der Waals surface area contributed by atoms with Crippen molar-refractivity contribution in [3.05, 3.63) is 12.4 Å². The first kappa shape index (κ1) is 11.2. The highest BCUT2D eigenvalue weighted by molar-refractivity contribution is 5.36. The summed E-state index contributed by atoms with van der Waals surface area (Å²) in [5.74, 6) is 2.47. The van der Waals surface area contributed by atoms with Crippen LogP contribution in [0.15, 0.2) is 12.4 Å². The van der Waals surface area contributed by atoms with Crippen LogP contribution in [0, 0.1) is 5.92 Å². The molecule has 0 spiro atoms. The van der Waals surface area contributed by atoms with Gasteiger partial charge in [0, 0.05) is 12.6 Å². The predicted molar refractivity (Wildman–Crippen MR) is 63.6 cm³/mol. The van der Waals surface area contributed by atoms with E-state index in [1.807, 2.05) is 6.07 Å². The van der Waals surface area contributed by atoms with Crippen molar-refractivity contribution in [2.45, 2.75) is 32.6 Å². The topological polar surface area (TPSA) is 47.0 Å². The Kier molecular flexibility index (Phi) is 3.97. The second-order valence-electron chi connectivity index (χ2n) is 4.25. The molecular formula is C12H19N3O. The highest BCUT2D eigenvalue weighted by atomic mass is 16.5. The van der Waals surface area contributed by atoms with Gasteiger partial charge >= 0.3 is 0 Å². The lowest BCUT2D eigenvalue weighted by atomic mass is 10.3. The van der Waals surface area contributed by atoms with Crippen molar-refractivity contribution in [3.63, 3.8) is 0 Å². The number of ether oxygens (including phenoxy) is 1. The zero-order valence-corrected chi connectivity index (χ0v) is 9.78. The fourth-order valence-corrected chi connectivity index (χ4v) is 1.53. The number of rotatable bonds is 7. The maximum atomic E-state index is 5.44. The van der Waals surface area contributed by atoms with Crippen molar-refractivity contribution in [2.75, 3.05) is 18.5 Å². The number of anilines is 1. The quantitative estimate of drug-likeness (QED) is 0.768. The lowest BCUT2D eigenvalue weighted by Gasteiger charge is -2.07. The Bertz CT molecular complexity index is 326. The number of nitrogens with zero attached hydrogens (tertiary/aromatic N) is 2. The maximum Gasteiger partial charge on any atom is 0.218 e. The van der Waals surface area contributed by atoms with E-state index < -0.39 is 0 Å². The SMILES string of the molecule is CCCOc1cc(NCCC2CC2)ncn1.